The number of benzene rings is 1. The fraction of sp³-hybridized carbons (Fsp3) is 0.368. The van der Waals surface area contributed by atoms with Gasteiger partial charge in [0.25, 0.3) is 0 Å². The van der Waals surface area contributed by atoms with E-state index in [9.17, 15) is 19.5 Å². The molecule has 0 saturated carbocycles. The molecule has 0 spiro atoms. The predicted molar refractivity (Wildman–Crippen MR) is 101 cm³/mol. The Kier molecular flexibility index (Phi) is 7.20. The summed E-state index contributed by atoms with van der Waals surface area (Å²) in [5, 5.41) is 12.7. The number of rotatable bonds is 10. The minimum absolute atomic E-state index is 0.128. The maximum absolute atomic E-state index is 12.5. The van der Waals surface area contributed by atoms with Gasteiger partial charge in [-0.3, -0.25) is 9.59 Å². The monoisotopic (exact) mass is 386 g/mol. The second kappa shape index (κ2) is 9.59. The minimum Gasteiger partial charge on any atom is -0.480 e. The van der Waals surface area contributed by atoms with E-state index in [1.807, 2.05) is 42.1 Å². The van der Waals surface area contributed by atoms with Crippen LogP contribution in [0, 0.1) is 0 Å². The lowest BCUT2D eigenvalue weighted by molar-refractivity contribution is -0.144. The molecule has 2 N–H and O–H groups in total. The summed E-state index contributed by atoms with van der Waals surface area (Å²) < 4.78 is 7.23. The molecule has 1 amide bonds. The van der Waals surface area contributed by atoms with Crippen molar-refractivity contribution in [2.75, 3.05) is 7.11 Å². The zero-order valence-electron chi connectivity index (χ0n) is 15.7. The zero-order chi connectivity index (χ0) is 20.7. The Hall–Kier alpha value is -3.29. The molecule has 0 aliphatic rings. The quantitative estimate of drug-likeness (QED) is 0.356. The van der Waals surface area contributed by atoms with Crippen LogP contribution in [0.1, 0.15) is 18.4 Å². The molecular formula is C19H22N4O5. The number of carboxylic acid groups (broad SMARTS) is 1. The Balaban J connectivity index is 2.09. The summed E-state index contributed by atoms with van der Waals surface area (Å²) in [4.78, 5) is 37.9. The molecule has 148 valence electrons. The highest BCUT2D eigenvalue weighted by Gasteiger charge is 2.27. The third-order valence-electron chi connectivity index (χ3n) is 4.46. The molecule has 0 fully saturated rings. The third kappa shape index (κ3) is 5.12. The molecule has 2 unspecified atom stereocenters. The van der Waals surface area contributed by atoms with E-state index in [-0.39, 0.29) is 19.3 Å². The average Bonchev–Trinajstić information content (AvgIpc) is 2.99. The molecule has 0 aliphatic heterocycles. The van der Waals surface area contributed by atoms with Crippen LogP contribution < -0.4 is 5.32 Å². The number of hydrogen-bond acceptors (Lipinski definition) is 4. The Labute approximate surface area is 161 Å². The number of carboxylic acids is 1. The summed E-state index contributed by atoms with van der Waals surface area (Å²) in [7, 11) is 3.28. The number of ether oxygens (including phenoxy) is 1. The van der Waals surface area contributed by atoms with Crippen LogP contribution >= 0.6 is 0 Å². The molecule has 2 aromatic rings. The summed E-state index contributed by atoms with van der Waals surface area (Å²) >= 11 is 0. The van der Waals surface area contributed by atoms with Crippen molar-refractivity contribution in [3.8, 4) is 0 Å². The number of nitrogens with zero attached hydrogens (tertiary/aromatic N) is 3. The lowest BCUT2D eigenvalue weighted by atomic mass is 10.0. The summed E-state index contributed by atoms with van der Waals surface area (Å²) in [6.45, 7) is 0. The summed E-state index contributed by atoms with van der Waals surface area (Å²) in [6, 6.07) is 6.49. The highest BCUT2D eigenvalue weighted by atomic mass is 16.5. The van der Waals surface area contributed by atoms with Crippen molar-refractivity contribution >= 4 is 34.8 Å². The number of aromatic nitrogens is 1. The smallest absolute Gasteiger partial charge is 0.326 e. The third-order valence-corrected chi connectivity index (χ3v) is 4.46. The van der Waals surface area contributed by atoms with Crippen molar-refractivity contribution in [3.05, 3.63) is 41.6 Å². The van der Waals surface area contributed by atoms with Gasteiger partial charge in [0.2, 0.25) is 11.7 Å². The molecule has 28 heavy (non-hydrogen) atoms. The van der Waals surface area contributed by atoms with Gasteiger partial charge in [-0.25, -0.2) is 4.79 Å². The Bertz CT molecular complexity index is 930. The van der Waals surface area contributed by atoms with Crippen molar-refractivity contribution in [2.24, 2.45) is 7.05 Å². The highest BCUT2D eigenvalue weighted by Crippen LogP contribution is 2.22. The van der Waals surface area contributed by atoms with Gasteiger partial charge in [-0.1, -0.05) is 18.2 Å². The van der Waals surface area contributed by atoms with Gasteiger partial charge in [0.1, 0.15) is 12.1 Å². The second-order valence-electron chi connectivity index (χ2n) is 6.36. The molecule has 0 radical (unpaired) electrons. The Morgan fingerprint density at radius 1 is 1.36 bits per heavy atom. The number of aryl methyl sites for hydroxylation is 1. The van der Waals surface area contributed by atoms with Gasteiger partial charge in [0.05, 0.1) is 0 Å². The summed E-state index contributed by atoms with van der Waals surface area (Å²) in [6.07, 6.45) is 1.68. The van der Waals surface area contributed by atoms with E-state index in [0.29, 0.717) is 6.21 Å². The van der Waals surface area contributed by atoms with E-state index >= 15 is 0 Å². The van der Waals surface area contributed by atoms with Crippen molar-refractivity contribution < 1.29 is 29.0 Å². The molecule has 1 aromatic carbocycles. The molecule has 0 saturated heterocycles. The van der Waals surface area contributed by atoms with Gasteiger partial charge in [0.15, 0.2) is 0 Å². The molecule has 0 bridgehead atoms. The van der Waals surface area contributed by atoms with E-state index in [4.69, 9.17) is 10.3 Å². The normalized spacial score (nSPS) is 12.8. The van der Waals surface area contributed by atoms with Crippen molar-refractivity contribution in [1.29, 1.82) is 0 Å². The molecule has 9 nitrogen and oxygen atoms in total. The van der Waals surface area contributed by atoms with E-state index < -0.39 is 29.8 Å². The predicted octanol–water partition coefficient (Wildman–Crippen LogP) is 0.955. The van der Waals surface area contributed by atoms with Crippen molar-refractivity contribution in [1.82, 2.24) is 9.88 Å². The van der Waals surface area contributed by atoms with Gasteiger partial charge >= 0.3 is 12.2 Å². The lowest BCUT2D eigenvalue weighted by Gasteiger charge is -2.19. The first-order valence-corrected chi connectivity index (χ1v) is 8.66. The summed E-state index contributed by atoms with van der Waals surface area (Å²) in [5.74, 6) is -2.38. The molecule has 2 rings (SSSR count). The molecule has 1 aromatic heterocycles. The first kappa shape index (κ1) is 21.0. The van der Waals surface area contributed by atoms with Crippen LogP contribution in [0.15, 0.2) is 30.5 Å². The van der Waals surface area contributed by atoms with Crippen LogP contribution in [0.2, 0.25) is 0 Å². The van der Waals surface area contributed by atoms with Gasteiger partial charge in [-0.05, 0) is 18.1 Å². The van der Waals surface area contributed by atoms with Crippen LogP contribution in [0.3, 0.4) is 0 Å². The van der Waals surface area contributed by atoms with Gasteiger partial charge < -0.3 is 25.3 Å². The first-order valence-electron chi connectivity index (χ1n) is 8.66. The largest absolute Gasteiger partial charge is 0.480 e. The highest BCUT2D eigenvalue weighted by molar-refractivity contribution is 6.25. The Morgan fingerprint density at radius 2 is 2.07 bits per heavy atom. The molecular weight excluding hydrogens is 364 g/mol. The lowest BCUT2D eigenvalue weighted by Crippen LogP contribution is -2.46. The van der Waals surface area contributed by atoms with Gasteiger partial charge in [0, 0.05) is 44.1 Å². The Morgan fingerprint density at radius 3 is 2.71 bits per heavy atom. The zero-order valence-corrected chi connectivity index (χ0v) is 15.7. The van der Waals surface area contributed by atoms with Crippen molar-refractivity contribution in [3.63, 3.8) is 0 Å². The number of fused-ring (bicyclic) bond motifs is 1. The number of ketones is 1. The number of carbonyl (C=O) groups excluding carboxylic acids is 2. The number of carbonyl (C=O) groups is 3. The van der Waals surface area contributed by atoms with Crippen LogP contribution in [0.5, 0.6) is 0 Å². The molecule has 1 heterocycles. The summed E-state index contributed by atoms with van der Waals surface area (Å²) in [5.41, 5.74) is 10.2. The number of nitrogens with one attached hydrogen (secondary N) is 1. The first-order chi connectivity index (χ1) is 13.4. The van der Waals surface area contributed by atoms with E-state index in [0.717, 1.165) is 16.5 Å². The van der Waals surface area contributed by atoms with Crippen LogP contribution in [0.25, 0.3) is 16.4 Å². The number of para-hydroxylation sites is 1. The van der Waals surface area contributed by atoms with Crippen LogP contribution in [0.4, 0.5) is 0 Å². The average molecular weight is 386 g/mol. The topological polar surface area (TPSA) is 134 Å². The molecule has 9 heteroatoms. The van der Waals surface area contributed by atoms with E-state index in [1.165, 1.54) is 7.11 Å². The van der Waals surface area contributed by atoms with Crippen LogP contribution in [-0.4, -0.2) is 57.6 Å². The van der Waals surface area contributed by atoms with Crippen LogP contribution in [-0.2, 0) is 32.6 Å². The number of hydrogen-bond donors (Lipinski definition) is 2. The maximum atomic E-state index is 12.5. The van der Waals surface area contributed by atoms with Gasteiger partial charge in [-0.15, -0.1) is 0 Å². The number of Topliss-reactive ketones (excluding diaryl/α,β-unsaturated/α-hetero) is 1. The standard InChI is InChI=1S/C19H22N4O5/c1-23-11-12(14-5-3-4-6-16(14)23)9-17(28-2)18(25)22-15(19(26)27)8-7-13(24)10-21-20/h3-6,10-11,15,17H,7-9H2,1-2H3,(H,22,25)(H,26,27). The second-order valence-corrected chi connectivity index (χ2v) is 6.36. The van der Waals surface area contributed by atoms with Crippen molar-refractivity contribution in [2.45, 2.75) is 31.4 Å². The number of methoxy groups -OCH3 is 1. The number of aliphatic carboxylic acids is 1. The maximum Gasteiger partial charge on any atom is 0.326 e. The molecule has 0 aliphatic carbocycles. The molecule has 2 atom stereocenters. The van der Waals surface area contributed by atoms with Gasteiger partial charge in [-0.2, -0.15) is 4.79 Å². The SMILES string of the molecule is COC(Cc1cn(C)c2ccccc12)C(=O)NC(CCC(=O)C=[N+]=[N-])C(=O)O. The van der Waals surface area contributed by atoms with E-state index in [1.54, 1.807) is 0 Å². The van der Waals surface area contributed by atoms with E-state index in [2.05, 4.69) is 10.1 Å². The minimum atomic E-state index is -1.26. The fourth-order valence-electron chi connectivity index (χ4n) is 3.01. The number of amides is 1. The fourth-order valence-corrected chi connectivity index (χ4v) is 3.01.